The maximum Gasteiger partial charge on any atom is 0.0541 e. The van der Waals surface area contributed by atoms with Crippen LogP contribution in [0.5, 0.6) is 0 Å². The summed E-state index contributed by atoms with van der Waals surface area (Å²) >= 11 is 0. The van der Waals surface area contributed by atoms with Gasteiger partial charge in [-0.2, -0.15) is 0 Å². The molecule has 0 unspecified atom stereocenters. The number of para-hydroxylation sites is 1. The third kappa shape index (κ3) is 6.09. The standard InChI is InChI=1S/C61H44N2/c1-61(2)57-24-10-8-21-53(57)54-36-35-50(40-58(54)61)62(49-19-12-18-46(38-49)52-23-13-17-44-16-6-7-20-51(44)52)47-31-28-43(29-32-47)45-30-37-60-56(39-45)55-22-9-11-25-59(55)63(60)48-33-26-42(27-34-48)41-14-4-3-5-15-41/h3-40H,1-2H3. The van der Waals surface area contributed by atoms with Crippen LogP contribution in [0.3, 0.4) is 0 Å². The van der Waals surface area contributed by atoms with Gasteiger partial charge in [0.1, 0.15) is 0 Å². The first-order valence-electron chi connectivity index (χ1n) is 21.9. The van der Waals surface area contributed by atoms with Crippen LogP contribution in [0.25, 0.3) is 82.8 Å². The minimum atomic E-state index is -0.115. The van der Waals surface area contributed by atoms with Crippen molar-refractivity contribution in [2.75, 3.05) is 4.90 Å². The maximum atomic E-state index is 2.43. The van der Waals surface area contributed by atoms with Crippen LogP contribution in [0.1, 0.15) is 25.0 Å². The van der Waals surface area contributed by atoms with Crippen molar-refractivity contribution in [2.24, 2.45) is 0 Å². The second-order valence-corrected chi connectivity index (χ2v) is 17.4. The van der Waals surface area contributed by atoms with E-state index in [-0.39, 0.29) is 5.41 Å². The Hall–Kier alpha value is -7.94. The molecule has 0 spiro atoms. The first-order valence-corrected chi connectivity index (χ1v) is 21.9. The van der Waals surface area contributed by atoms with Gasteiger partial charge >= 0.3 is 0 Å². The number of nitrogens with zero attached hydrogens (tertiary/aromatic N) is 2. The lowest BCUT2D eigenvalue weighted by Crippen LogP contribution is -2.16. The van der Waals surface area contributed by atoms with Crippen LogP contribution in [0.4, 0.5) is 17.1 Å². The third-order valence-corrected chi connectivity index (χ3v) is 13.4. The summed E-state index contributed by atoms with van der Waals surface area (Å²) in [5.74, 6) is 0. The summed E-state index contributed by atoms with van der Waals surface area (Å²) in [7, 11) is 0. The molecule has 12 rings (SSSR count). The quantitative estimate of drug-likeness (QED) is 0.156. The molecule has 1 heterocycles. The molecule has 0 aliphatic heterocycles. The molecule has 0 saturated carbocycles. The summed E-state index contributed by atoms with van der Waals surface area (Å²) in [6.07, 6.45) is 0. The van der Waals surface area contributed by atoms with Gasteiger partial charge in [-0.25, -0.2) is 0 Å². The van der Waals surface area contributed by atoms with Crippen molar-refractivity contribution in [2.45, 2.75) is 19.3 Å². The predicted molar refractivity (Wildman–Crippen MR) is 267 cm³/mol. The SMILES string of the molecule is CC1(C)c2ccccc2-c2ccc(N(c3ccc(-c4ccc5c(c4)c4ccccc4n5-c4ccc(-c5ccccc5)cc4)cc3)c3cccc(-c4cccc5ccccc45)c3)cc21. The third-order valence-electron chi connectivity index (χ3n) is 13.4. The van der Waals surface area contributed by atoms with Gasteiger partial charge in [0.05, 0.1) is 11.0 Å². The van der Waals surface area contributed by atoms with Gasteiger partial charge in [0.15, 0.2) is 0 Å². The molecule has 1 aliphatic rings. The fourth-order valence-electron chi connectivity index (χ4n) is 10.2. The highest BCUT2D eigenvalue weighted by Gasteiger charge is 2.35. The highest BCUT2D eigenvalue weighted by molar-refractivity contribution is 6.10. The van der Waals surface area contributed by atoms with Crippen molar-refractivity contribution in [3.63, 3.8) is 0 Å². The second kappa shape index (κ2) is 14.6. The maximum absolute atomic E-state index is 2.43. The number of hydrogen-bond acceptors (Lipinski definition) is 1. The lowest BCUT2D eigenvalue weighted by molar-refractivity contribution is 0.660. The Morgan fingerprint density at radius 1 is 0.333 bits per heavy atom. The van der Waals surface area contributed by atoms with Crippen molar-refractivity contribution >= 4 is 49.6 Å². The number of benzene rings is 10. The van der Waals surface area contributed by atoms with Gasteiger partial charge in [0.25, 0.3) is 0 Å². The molecule has 10 aromatic carbocycles. The highest BCUT2D eigenvalue weighted by atomic mass is 15.1. The predicted octanol–water partition coefficient (Wildman–Crippen LogP) is 16.7. The Bertz CT molecular complexity index is 3510. The van der Waals surface area contributed by atoms with E-state index in [1.54, 1.807) is 0 Å². The molecule has 298 valence electrons. The smallest absolute Gasteiger partial charge is 0.0541 e. The zero-order valence-electron chi connectivity index (χ0n) is 35.3. The molecule has 0 fully saturated rings. The summed E-state index contributed by atoms with van der Waals surface area (Å²) < 4.78 is 2.40. The first kappa shape index (κ1) is 36.9. The van der Waals surface area contributed by atoms with E-state index in [1.807, 2.05) is 0 Å². The van der Waals surface area contributed by atoms with E-state index < -0.39 is 0 Å². The fraction of sp³-hybridized carbons (Fsp3) is 0.0492. The average molecular weight is 805 g/mol. The second-order valence-electron chi connectivity index (χ2n) is 17.4. The molecule has 0 amide bonds. The topological polar surface area (TPSA) is 8.17 Å². The largest absolute Gasteiger partial charge is 0.310 e. The zero-order valence-corrected chi connectivity index (χ0v) is 35.3. The van der Waals surface area contributed by atoms with E-state index in [1.165, 1.54) is 88.2 Å². The van der Waals surface area contributed by atoms with Gasteiger partial charge in [-0.05, 0) is 133 Å². The van der Waals surface area contributed by atoms with Gasteiger partial charge in [0.2, 0.25) is 0 Å². The molecular weight excluding hydrogens is 761 g/mol. The van der Waals surface area contributed by atoms with Crippen molar-refractivity contribution in [1.82, 2.24) is 4.57 Å². The zero-order chi connectivity index (χ0) is 42.1. The van der Waals surface area contributed by atoms with E-state index in [2.05, 4.69) is 254 Å². The van der Waals surface area contributed by atoms with E-state index in [4.69, 9.17) is 0 Å². The summed E-state index contributed by atoms with van der Waals surface area (Å²) in [4.78, 5) is 2.43. The van der Waals surface area contributed by atoms with Crippen LogP contribution in [0, 0.1) is 0 Å². The Morgan fingerprint density at radius 3 is 1.76 bits per heavy atom. The van der Waals surface area contributed by atoms with Crippen molar-refractivity contribution in [1.29, 1.82) is 0 Å². The highest BCUT2D eigenvalue weighted by Crippen LogP contribution is 2.51. The van der Waals surface area contributed by atoms with Crippen LogP contribution in [0.15, 0.2) is 231 Å². The van der Waals surface area contributed by atoms with Crippen LogP contribution in [0.2, 0.25) is 0 Å². The molecule has 2 nitrogen and oxygen atoms in total. The summed E-state index contributed by atoms with van der Waals surface area (Å²) in [6, 6.07) is 84.6. The lowest BCUT2D eigenvalue weighted by atomic mass is 9.82. The average Bonchev–Trinajstić information content (AvgIpc) is 3.79. The van der Waals surface area contributed by atoms with Gasteiger partial charge in [-0.3, -0.25) is 0 Å². The molecule has 11 aromatic rings. The number of hydrogen-bond donors (Lipinski definition) is 0. The first-order chi connectivity index (χ1) is 31.0. The molecule has 1 aliphatic carbocycles. The molecule has 0 N–H and O–H groups in total. The summed E-state index contributed by atoms with van der Waals surface area (Å²) in [6.45, 7) is 4.72. The molecule has 0 bridgehead atoms. The molecule has 0 atom stereocenters. The van der Waals surface area contributed by atoms with Crippen molar-refractivity contribution in [3.05, 3.63) is 242 Å². The normalized spacial score (nSPS) is 12.7. The van der Waals surface area contributed by atoms with E-state index in [9.17, 15) is 0 Å². The fourth-order valence-corrected chi connectivity index (χ4v) is 10.2. The molecular formula is C61H44N2. The van der Waals surface area contributed by atoms with Gasteiger partial charge in [-0.1, -0.05) is 178 Å². The van der Waals surface area contributed by atoms with Crippen LogP contribution in [-0.2, 0) is 5.41 Å². The minimum absolute atomic E-state index is 0.115. The molecule has 0 saturated heterocycles. The monoisotopic (exact) mass is 804 g/mol. The molecule has 1 aromatic heterocycles. The molecule has 0 radical (unpaired) electrons. The van der Waals surface area contributed by atoms with E-state index >= 15 is 0 Å². The van der Waals surface area contributed by atoms with Crippen molar-refractivity contribution < 1.29 is 0 Å². The van der Waals surface area contributed by atoms with Crippen LogP contribution < -0.4 is 4.90 Å². The van der Waals surface area contributed by atoms with Crippen LogP contribution >= 0.6 is 0 Å². The molecule has 63 heavy (non-hydrogen) atoms. The number of rotatable bonds is 7. The van der Waals surface area contributed by atoms with Crippen LogP contribution in [-0.4, -0.2) is 4.57 Å². The minimum Gasteiger partial charge on any atom is -0.310 e. The number of anilines is 3. The van der Waals surface area contributed by atoms with Gasteiger partial charge in [-0.15, -0.1) is 0 Å². The molecule has 2 heteroatoms. The Kier molecular flexibility index (Phi) is 8.55. The number of aromatic nitrogens is 1. The van der Waals surface area contributed by atoms with Gasteiger partial charge in [0, 0.05) is 38.9 Å². The Labute approximate surface area is 368 Å². The van der Waals surface area contributed by atoms with Gasteiger partial charge < -0.3 is 9.47 Å². The Morgan fingerprint density at radius 2 is 0.905 bits per heavy atom. The number of fused-ring (bicyclic) bond motifs is 7. The summed E-state index contributed by atoms with van der Waals surface area (Å²) in [5, 5.41) is 4.99. The summed E-state index contributed by atoms with van der Waals surface area (Å²) in [5.41, 5.74) is 19.4. The van der Waals surface area contributed by atoms with Crippen molar-refractivity contribution in [3.8, 4) is 50.2 Å². The van der Waals surface area contributed by atoms with E-state index in [0.29, 0.717) is 0 Å². The Balaban J connectivity index is 0.954. The lowest BCUT2D eigenvalue weighted by Gasteiger charge is -2.28. The van der Waals surface area contributed by atoms with E-state index in [0.717, 1.165) is 22.7 Å².